The molecule has 0 unspecified atom stereocenters. The molecule has 2 rings (SSSR count). The molecule has 0 heterocycles. The summed E-state index contributed by atoms with van der Waals surface area (Å²) < 4.78 is 10.6. The molecule has 0 aromatic heterocycles. The topological polar surface area (TPSA) is 93.7 Å². The zero-order valence-electron chi connectivity index (χ0n) is 15.8. The van der Waals surface area contributed by atoms with Gasteiger partial charge in [-0.2, -0.15) is 0 Å². The average molecular weight is 461 g/mol. The second kappa shape index (κ2) is 11.7. The minimum absolute atomic E-state index is 0.218. The number of amides is 2. The number of carbonyl (C=O) groups excluding carboxylic acids is 3. The number of benzene rings is 2. The summed E-state index contributed by atoms with van der Waals surface area (Å²) in [6, 6.07) is 13.6. The van der Waals surface area contributed by atoms with Crippen LogP contribution in [0.5, 0.6) is 5.75 Å². The predicted octanol–water partition coefficient (Wildman–Crippen LogP) is 3.54. The highest BCUT2D eigenvalue weighted by molar-refractivity contribution is 9.10. The van der Waals surface area contributed by atoms with Gasteiger partial charge in [0.25, 0.3) is 5.91 Å². The molecule has 2 N–H and O–H groups in total. The van der Waals surface area contributed by atoms with E-state index in [2.05, 4.69) is 31.3 Å². The number of rotatable bonds is 8. The lowest BCUT2D eigenvalue weighted by Crippen LogP contribution is -2.33. The normalized spacial score (nSPS) is 10.4. The van der Waals surface area contributed by atoms with Crippen molar-refractivity contribution in [2.24, 2.45) is 0 Å². The summed E-state index contributed by atoms with van der Waals surface area (Å²) in [7, 11) is 0. The number of carbonyl (C=O) groups is 3. The summed E-state index contributed by atoms with van der Waals surface area (Å²) in [6.07, 6.45) is 2.35. The van der Waals surface area contributed by atoms with Crippen LogP contribution >= 0.6 is 15.9 Å². The molecule has 0 saturated carbocycles. The van der Waals surface area contributed by atoms with Crippen LogP contribution < -0.4 is 15.4 Å². The van der Waals surface area contributed by atoms with Crippen molar-refractivity contribution in [2.75, 3.05) is 19.7 Å². The number of hydrogen-bond donors (Lipinski definition) is 2. The van der Waals surface area contributed by atoms with Gasteiger partial charge in [0.05, 0.1) is 6.61 Å². The minimum Gasteiger partial charge on any atom is -0.434 e. The van der Waals surface area contributed by atoms with Crippen LogP contribution in [0.1, 0.15) is 22.8 Å². The maximum Gasteiger partial charge on any atom is 0.513 e. The van der Waals surface area contributed by atoms with Crippen molar-refractivity contribution in [1.29, 1.82) is 0 Å². The standard InChI is InChI=1S/C21H21BrN2O5/c1-2-28-21(27)29-18-10-6-16(7-11-18)20(26)24-14-13-23-19(25)12-5-15-3-8-17(22)9-4-15/h3-12H,2,13-14H2,1H3,(H,23,25)(H,24,26)/b12-5+. The van der Waals surface area contributed by atoms with Crippen LogP contribution in [0.25, 0.3) is 6.08 Å². The highest BCUT2D eigenvalue weighted by atomic mass is 79.9. The monoisotopic (exact) mass is 460 g/mol. The highest BCUT2D eigenvalue weighted by Crippen LogP contribution is 2.13. The number of nitrogens with one attached hydrogen (secondary N) is 2. The molecule has 7 nitrogen and oxygen atoms in total. The molecule has 2 aromatic rings. The fraction of sp³-hybridized carbons (Fsp3) is 0.190. The molecule has 2 aromatic carbocycles. The van der Waals surface area contributed by atoms with Gasteiger partial charge in [0.15, 0.2) is 0 Å². The third-order valence-electron chi connectivity index (χ3n) is 3.59. The van der Waals surface area contributed by atoms with Crippen molar-refractivity contribution in [3.05, 3.63) is 70.2 Å². The van der Waals surface area contributed by atoms with Crippen LogP contribution in [-0.4, -0.2) is 37.7 Å². The van der Waals surface area contributed by atoms with E-state index in [1.54, 1.807) is 13.0 Å². The second-order valence-electron chi connectivity index (χ2n) is 5.74. The molecule has 0 aliphatic carbocycles. The van der Waals surface area contributed by atoms with Crippen LogP contribution in [0.4, 0.5) is 4.79 Å². The van der Waals surface area contributed by atoms with E-state index in [1.807, 2.05) is 24.3 Å². The Kier molecular flexibility index (Phi) is 8.91. The van der Waals surface area contributed by atoms with Gasteiger partial charge in [-0.1, -0.05) is 28.1 Å². The number of halogens is 1. The van der Waals surface area contributed by atoms with Gasteiger partial charge in [-0.15, -0.1) is 0 Å². The van der Waals surface area contributed by atoms with Gasteiger partial charge < -0.3 is 20.1 Å². The largest absolute Gasteiger partial charge is 0.513 e. The Morgan fingerprint density at radius 2 is 1.62 bits per heavy atom. The van der Waals surface area contributed by atoms with Gasteiger partial charge in [-0.25, -0.2) is 4.79 Å². The molecule has 0 fully saturated rings. The Balaban J connectivity index is 1.70. The smallest absolute Gasteiger partial charge is 0.434 e. The molecule has 0 aliphatic heterocycles. The Labute approximate surface area is 177 Å². The molecule has 29 heavy (non-hydrogen) atoms. The van der Waals surface area contributed by atoms with E-state index in [4.69, 9.17) is 4.74 Å². The summed E-state index contributed by atoms with van der Waals surface area (Å²) in [5, 5.41) is 5.39. The van der Waals surface area contributed by atoms with Gasteiger partial charge in [0.2, 0.25) is 5.91 Å². The summed E-state index contributed by atoms with van der Waals surface area (Å²) in [5.74, 6) is -0.264. The van der Waals surface area contributed by atoms with Crippen LogP contribution in [0.3, 0.4) is 0 Å². The third kappa shape index (κ3) is 8.18. The number of hydrogen-bond acceptors (Lipinski definition) is 5. The van der Waals surface area contributed by atoms with Gasteiger partial charge in [-0.05, 0) is 55.0 Å². The molecule has 0 bridgehead atoms. The maximum absolute atomic E-state index is 12.1. The first-order valence-electron chi connectivity index (χ1n) is 8.92. The first-order chi connectivity index (χ1) is 14.0. The molecule has 0 saturated heterocycles. The molecule has 0 radical (unpaired) electrons. The van der Waals surface area contributed by atoms with E-state index in [0.717, 1.165) is 10.0 Å². The van der Waals surface area contributed by atoms with E-state index in [9.17, 15) is 14.4 Å². The van der Waals surface area contributed by atoms with Crippen molar-refractivity contribution < 1.29 is 23.9 Å². The van der Waals surface area contributed by atoms with E-state index in [1.165, 1.54) is 30.3 Å². The molecule has 2 amide bonds. The lowest BCUT2D eigenvalue weighted by Gasteiger charge is -2.07. The van der Waals surface area contributed by atoms with Crippen LogP contribution in [-0.2, 0) is 9.53 Å². The molecular weight excluding hydrogens is 440 g/mol. The summed E-state index contributed by atoms with van der Waals surface area (Å²) in [5.41, 5.74) is 1.31. The van der Waals surface area contributed by atoms with E-state index < -0.39 is 6.16 Å². The Morgan fingerprint density at radius 1 is 0.966 bits per heavy atom. The van der Waals surface area contributed by atoms with Gasteiger partial charge in [-0.3, -0.25) is 9.59 Å². The molecule has 152 valence electrons. The minimum atomic E-state index is -0.797. The SMILES string of the molecule is CCOC(=O)Oc1ccc(C(=O)NCCNC(=O)/C=C/c2ccc(Br)cc2)cc1. The Hall–Kier alpha value is -3.13. The van der Waals surface area contributed by atoms with Gasteiger partial charge >= 0.3 is 6.16 Å². The molecule has 8 heteroatoms. The Morgan fingerprint density at radius 3 is 2.28 bits per heavy atom. The van der Waals surface area contributed by atoms with Crippen molar-refractivity contribution in [3.8, 4) is 5.75 Å². The van der Waals surface area contributed by atoms with Gasteiger partial charge in [0.1, 0.15) is 5.75 Å². The van der Waals surface area contributed by atoms with Crippen LogP contribution in [0.15, 0.2) is 59.1 Å². The third-order valence-corrected chi connectivity index (χ3v) is 4.12. The summed E-state index contributed by atoms with van der Waals surface area (Å²) in [4.78, 5) is 35.1. The molecule has 0 atom stereocenters. The van der Waals surface area contributed by atoms with Crippen molar-refractivity contribution in [3.63, 3.8) is 0 Å². The van der Waals surface area contributed by atoms with Crippen molar-refractivity contribution in [1.82, 2.24) is 10.6 Å². The summed E-state index contributed by atoms with van der Waals surface area (Å²) >= 11 is 3.35. The molecule has 0 aliphatic rings. The fourth-order valence-electron chi connectivity index (χ4n) is 2.19. The van der Waals surface area contributed by atoms with E-state index >= 15 is 0 Å². The quantitative estimate of drug-likeness (QED) is 0.272. The lowest BCUT2D eigenvalue weighted by atomic mass is 10.2. The Bertz CT molecular complexity index is 864. The van der Waals surface area contributed by atoms with E-state index in [0.29, 0.717) is 12.1 Å². The van der Waals surface area contributed by atoms with Crippen molar-refractivity contribution >= 4 is 40.0 Å². The van der Waals surface area contributed by atoms with E-state index in [-0.39, 0.29) is 30.7 Å². The average Bonchev–Trinajstić information content (AvgIpc) is 2.71. The van der Waals surface area contributed by atoms with Crippen LogP contribution in [0.2, 0.25) is 0 Å². The molecule has 0 spiro atoms. The zero-order chi connectivity index (χ0) is 21.1. The highest BCUT2D eigenvalue weighted by Gasteiger charge is 2.08. The van der Waals surface area contributed by atoms with Crippen LogP contribution in [0, 0.1) is 0 Å². The summed E-state index contributed by atoms with van der Waals surface area (Å²) in [6.45, 7) is 2.46. The maximum atomic E-state index is 12.1. The first kappa shape index (κ1) is 22.2. The predicted molar refractivity (Wildman–Crippen MR) is 113 cm³/mol. The molecular formula is C21H21BrN2O5. The second-order valence-corrected chi connectivity index (χ2v) is 6.66. The fourth-order valence-corrected chi connectivity index (χ4v) is 2.45. The van der Waals surface area contributed by atoms with Crippen molar-refractivity contribution in [2.45, 2.75) is 6.92 Å². The number of ether oxygens (including phenoxy) is 2. The zero-order valence-corrected chi connectivity index (χ0v) is 17.4. The first-order valence-corrected chi connectivity index (χ1v) is 9.71. The lowest BCUT2D eigenvalue weighted by molar-refractivity contribution is -0.116. The van der Waals surface area contributed by atoms with Gasteiger partial charge in [0, 0.05) is 29.2 Å².